The summed E-state index contributed by atoms with van der Waals surface area (Å²) in [6.07, 6.45) is 0. The highest BCUT2D eigenvalue weighted by molar-refractivity contribution is 7.18. The van der Waals surface area contributed by atoms with Crippen LogP contribution >= 0.6 is 34.5 Å². The SMILES string of the molecule is Cc1sc2nc(Cl)nc(Nc3cc(Cl)ccc3O)c2c1C. The topological polar surface area (TPSA) is 58.0 Å². The number of aryl methyl sites for hydroxylation is 2. The third kappa shape index (κ3) is 2.64. The van der Waals surface area contributed by atoms with Gasteiger partial charge in [0.2, 0.25) is 5.28 Å². The molecule has 0 aliphatic heterocycles. The van der Waals surface area contributed by atoms with Gasteiger partial charge < -0.3 is 10.4 Å². The summed E-state index contributed by atoms with van der Waals surface area (Å²) < 4.78 is 0. The van der Waals surface area contributed by atoms with Crippen LogP contribution in [0.1, 0.15) is 10.4 Å². The molecular formula is C14H11Cl2N3OS. The second-order valence-corrected chi connectivity index (χ2v) is 6.57. The standard InChI is InChI=1S/C14H11Cl2N3OS/c1-6-7(2)21-13-11(6)12(18-14(16)19-13)17-9-5-8(15)3-4-10(9)20/h3-5,20H,1-2H3,(H,17,18,19). The van der Waals surface area contributed by atoms with Crippen LogP contribution in [-0.4, -0.2) is 15.1 Å². The Labute approximate surface area is 135 Å². The fourth-order valence-corrected chi connectivity index (χ4v) is 3.47. The molecule has 0 aliphatic carbocycles. The number of fused-ring (bicyclic) bond motifs is 1. The lowest BCUT2D eigenvalue weighted by Gasteiger charge is -2.10. The van der Waals surface area contributed by atoms with Crippen LogP contribution in [0.5, 0.6) is 5.75 Å². The number of thiophene rings is 1. The summed E-state index contributed by atoms with van der Waals surface area (Å²) in [5, 5.41) is 14.6. The molecule has 0 bridgehead atoms. The number of rotatable bonds is 2. The van der Waals surface area contributed by atoms with Gasteiger partial charge in [0.15, 0.2) is 0 Å². The Morgan fingerprint density at radius 2 is 1.95 bits per heavy atom. The highest BCUT2D eigenvalue weighted by atomic mass is 35.5. The summed E-state index contributed by atoms with van der Waals surface area (Å²) in [5.74, 6) is 0.649. The van der Waals surface area contributed by atoms with Crippen LogP contribution in [0.15, 0.2) is 18.2 Å². The number of benzene rings is 1. The summed E-state index contributed by atoms with van der Waals surface area (Å²) in [6.45, 7) is 4.03. The van der Waals surface area contributed by atoms with Crippen LogP contribution in [0.25, 0.3) is 10.2 Å². The molecule has 21 heavy (non-hydrogen) atoms. The van der Waals surface area contributed by atoms with Crippen molar-refractivity contribution in [1.82, 2.24) is 9.97 Å². The third-order valence-electron chi connectivity index (χ3n) is 3.21. The van der Waals surface area contributed by atoms with Crippen molar-refractivity contribution in [3.05, 3.63) is 38.9 Å². The van der Waals surface area contributed by atoms with E-state index < -0.39 is 0 Å². The smallest absolute Gasteiger partial charge is 0.225 e. The van der Waals surface area contributed by atoms with Crippen molar-refractivity contribution in [3.63, 3.8) is 0 Å². The van der Waals surface area contributed by atoms with Crippen molar-refractivity contribution in [1.29, 1.82) is 0 Å². The predicted octanol–water partition coefficient (Wildman–Crippen LogP) is 5.06. The molecule has 0 fully saturated rings. The molecule has 0 unspecified atom stereocenters. The lowest BCUT2D eigenvalue weighted by molar-refractivity contribution is 0.478. The number of hydrogen-bond donors (Lipinski definition) is 2. The Morgan fingerprint density at radius 1 is 1.19 bits per heavy atom. The first kappa shape index (κ1) is 14.4. The van der Waals surface area contributed by atoms with Crippen molar-refractivity contribution >= 4 is 56.3 Å². The van der Waals surface area contributed by atoms with Gasteiger partial charge in [0.25, 0.3) is 0 Å². The van der Waals surface area contributed by atoms with Crippen molar-refractivity contribution < 1.29 is 5.11 Å². The van der Waals surface area contributed by atoms with E-state index in [0.717, 1.165) is 20.7 Å². The highest BCUT2D eigenvalue weighted by Gasteiger charge is 2.15. The maximum absolute atomic E-state index is 9.92. The molecule has 0 saturated carbocycles. The summed E-state index contributed by atoms with van der Waals surface area (Å²) >= 11 is 13.5. The van der Waals surface area contributed by atoms with Gasteiger partial charge in [-0.15, -0.1) is 11.3 Å². The number of aromatic nitrogens is 2. The van der Waals surface area contributed by atoms with E-state index >= 15 is 0 Å². The molecule has 2 heterocycles. The zero-order valence-electron chi connectivity index (χ0n) is 11.2. The summed E-state index contributed by atoms with van der Waals surface area (Å²) in [4.78, 5) is 10.4. The monoisotopic (exact) mass is 339 g/mol. The van der Waals surface area contributed by atoms with E-state index in [-0.39, 0.29) is 11.0 Å². The Kier molecular flexibility index (Phi) is 3.65. The van der Waals surface area contributed by atoms with E-state index in [2.05, 4.69) is 15.3 Å². The molecule has 1 aromatic carbocycles. The van der Waals surface area contributed by atoms with Crippen LogP contribution in [0.2, 0.25) is 10.3 Å². The van der Waals surface area contributed by atoms with E-state index in [1.807, 2.05) is 13.8 Å². The predicted molar refractivity (Wildman–Crippen MR) is 88.3 cm³/mol. The van der Waals surface area contributed by atoms with E-state index in [9.17, 15) is 5.11 Å². The number of phenols is 1. The first-order valence-electron chi connectivity index (χ1n) is 6.14. The van der Waals surface area contributed by atoms with Crippen LogP contribution in [0.4, 0.5) is 11.5 Å². The van der Waals surface area contributed by atoms with Gasteiger partial charge in [-0.25, -0.2) is 4.98 Å². The molecule has 0 radical (unpaired) electrons. The minimum Gasteiger partial charge on any atom is -0.506 e. The average molecular weight is 340 g/mol. The van der Waals surface area contributed by atoms with Crippen LogP contribution < -0.4 is 5.32 Å². The minimum absolute atomic E-state index is 0.0897. The molecule has 0 spiro atoms. The van der Waals surface area contributed by atoms with E-state index in [1.165, 1.54) is 6.07 Å². The van der Waals surface area contributed by atoms with Gasteiger partial charge in [-0.3, -0.25) is 0 Å². The first-order valence-corrected chi connectivity index (χ1v) is 7.71. The van der Waals surface area contributed by atoms with Gasteiger partial charge in [0.05, 0.1) is 11.1 Å². The van der Waals surface area contributed by atoms with Gasteiger partial charge in [-0.2, -0.15) is 4.98 Å². The van der Waals surface area contributed by atoms with Gasteiger partial charge >= 0.3 is 0 Å². The number of halogens is 2. The minimum atomic E-state index is 0.0897. The highest BCUT2D eigenvalue weighted by Crippen LogP contribution is 2.37. The number of hydrogen-bond acceptors (Lipinski definition) is 5. The lowest BCUT2D eigenvalue weighted by Crippen LogP contribution is -1.97. The normalized spacial score (nSPS) is 11.0. The first-order chi connectivity index (χ1) is 9.95. The summed E-state index contributed by atoms with van der Waals surface area (Å²) in [7, 11) is 0. The van der Waals surface area contributed by atoms with Crippen molar-refractivity contribution in [2.24, 2.45) is 0 Å². The molecule has 2 aromatic heterocycles. The zero-order valence-corrected chi connectivity index (χ0v) is 13.6. The molecular weight excluding hydrogens is 329 g/mol. The fourth-order valence-electron chi connectivity index (χ4n) is 2.05. The molecule has 0 atom stereocenters. The van der Waals surface area contributed by atoms with E-state index in [0.29, 0.717) is 16.5 Å². The van der Waals surface area contributed by atoms with Crippen molar-refractivity contribution in [2.45, 2.75) is 13.8 Å². The number of phenolic OH excluding ortho intramolecular Hbond substituents is 1. The molecule has 0 amide bonds. The Hall–Kier alpha value is -1.56. The molecule has 2 N–H and O–H groups in total. The Balaban J connectivity index is 2.18. The molecule has 3 rings (SSSR count). The maximum atomic E-state index is 9.92. The van der Waals surface area contributed by atoms with Gasteiger partial charge in [-0.05, 0) is 49.2 Å². The quantitative estimate of drug-likeness (QED) is 0.505. The molecule has 4 nitrogen and oxygen atoms in total. The largest absolute Gasteiger partial charge is 0.506 e. The number of anilines is 2. The van der Waals surface area contributed by atoms with Crippen LogP contribution in [-0.2, 0) is 0 Å². The second-order valence-electron chi connectivity index (χ2n) is 4.59. The van der Waals surface area contributed by atoms with Gasteiger partial charge in [-0.1, -0.05) is 11.6 Å². The summed E-state index contributed by atoms with van der Waals surface area (Å²) in [6, 6.07) is 4.77. The Morgan fingerprint density at radius 3 is 2.71 bits per heavy atom. The van der Waals surface area contributed by atoms with Gasteiger partial charge in [0, 0.05) is 9.90 Å². The van der Waals surface area contributed by atoms with Crippen LogP contribution in [0.3, 0.4) is 0 Å². The van der Waals surface area contributed by atoms with Gasteiger partial charge in [0.1, 0.15) is 16.4 Å². The second kappa shape index (κ2) is 5.33. The average Bonchev–Trinajstić information content (AvgIpc) is 2.69. The number of nitrogens with zero attached hydrogens (tertiary/aromatic N) is 2. The Bertz CT molecular complexity index is 848. The zero-order chi connectivity index (χ0) is 15.1. The number of nitrogens with one attached hydrogen (secondary N) is 1. The third-order valence-corrected chi connectivity index (χ3v) is 4.72. The number of aromatic hydroxyl groups is 1. The molecule has 0 saturated heterocycles. The molecule has 3 aromatic rings. The van der Waals surface area contributed by atoms with E-state index in [4.69, 9.17) is 23.2 Å². The van der Waals surface area contributed by atoms with Crippen molar-refractivity contribution in [3.8, 4) is 5.75 Å². The summed E-state index contributed by atoms with van der Waals surface area (Å²) in [5.41, 5.74) is 1.57. The van der Waals surface area contributed by atoms with Crippen LogP contribution in [0, 0.1) is 13.8 Å². The molecule has 0 aliphatic rings. The van der Waals surface area contributed by atoms with Crippen molar-refractivity contribution in [2.75, 3.05) is 5.32 Å². The lowest BCUT2D eigenvalue weighted by atomic mass is 10.2. The fraction of sp³-hybridized carbons (Fsp3) is 0.143. The molecule has 7 heteroatoms. The van der Waals surface area contributed by atoms with E-state index in [1.54, 1.807) is 23.5 Å². The maximum Gasteiger partial charge on any atom is 0.225 e. The molecule has 108 valence electrons.